The minimum absolute atomic E-state index is 0.183. The van der Waals surface area contributed by atoms with E-state index < -0.39 is 0 Å². The van der Waals surface area contributed by atoms with Crippen molar-refractivity contribution in [3.05, 3.63) is 41.6 Å². The van der Waals surface area contributed by atoms with Crippen molar-refractivity contribution < 1.29 is 13.9 Å². The second-order valence-corrected chi connectivity index (χ2v) is 6.03. The van der Waals surface area contributed by atoms with Crippen LogP contribution in [0.25, 0.3) is 0 Å². The number of hydrogen-bond acceptors (Lipinski definition) is 6. The Labute approximate surface area is 135 Å². The van der Waals surface area contributed by atoms with Crippen LogP contribution in [0.3, 0.4) is 0 Å². The van der Waals surface area contributed by atoms with Crippen molar-refractivity contribution in [1.82, 2.24) is 10.2 Å². The molecule has 1 atom stereocenters. The average molecular weight is 315 g/mol. The van der Waals surface area contributed by atoms with Crippen LogP contribution in [0.1, 0.15) is 49.4 Å². The van der Waals surface area contributed by atoms with Gasteiger partial charge in [0.2, 0.25) is 11.8 Å². The van der Waals surface area contributed by atoms with E-state index in [0.717, 1.165) is 24.2 Å². The molecule has 0 radical (unpaired) electrons. The first-order chi connectivity index (χ1) is 11.1. The van der Waals surface area contributed by atoms with Crippen LogP contribution < -0.4 is 4.90 Å². The van der Waals surface area contributed by atoms with E-state index in [2.05, 4.69) is 15.1 Å². The first kappa shape index (κ1) is 15.5. The Balaban J connectivity index is 1.84. The number of aromatic nitrogens is 2. The Morgan fingerprint density at radius 1 is 1.39 bits per heavy atom. The summed E-state index contributed by atoms with van der Waals surface area (Å²) in [5.41, 5.74) is 2.02. The van der Waals surface area contributed by atoms with Crippen LogP contribution in [-0.4, -0.2) is 29.8 Å². The zero-order chi connectivity index (χ0) is 16.4. The first-order valence-corrected chi connectivity index (χ1v) is 7.84. The van der Waals surface area contributed by atoms with Gasteiger partial charge < -0.3 is 14.1 Å². The summed E-state index contributed by atoms with van der Waals surface area (Å²) in [6, 6.07) is 7.92. The van der Waals surface area contributed by atoms with Crippen LogP contribution in [0.15, 0.2) is 28.7 Å². The summed E-state index contributed by atoms with van der Waals surface area (Å²) in [5, 5.41) is 8.20. The number of para-hydroxylation sites is 1. The molecule has 3 rings (SSSR count). The first-order valence-electron chi connectivity index (χ1n) is 7.84. The molecule has 0 amide bonds. The lowest BCUT2D eigenvalue weighted by Gasteiger charge is -2.33. The maximum atomic E-state index is 12.0. The highest BCUT2D eigenvalue weighted by Crippen LogP contribution is 2.36. The number of anilines is 1. The Morgan fingerprint density at radius 2 is 2.17 bits per heavy atom. The lowest BCUT2D eigenvalue weighted by atomic mass is 9.90. The van der Waals surface area contributed by atoms with Gasteiger partial charge in [-0.3, -0.25) is 4.79 Å². The van der Waals surface area contributed by atoms with Crippen molar-refractivity contribution in [1.29, 1.82) is 0 Å². The minimum atomic E-state index is -0.207. The fourth-order valence-electron chi connectivity index (χ4n) is 2.91. The third kappa shape index (κ3) is 3.06. The molecule has 0 fully saturated rings. The van der Waals surface area contributed by atoms with Crippen molar-refractivity contribution in [2.45, 2.75) is 38.6 Å². The number of carbonyl (C=O) groups is 1. The quantitative estimate of drug-likeness (QED) is 0.808. The third-order valence-electron chi connectivity index (χ3n) is 4.13. The van der Waals surface area contributed by atoms with Crippen molar-refractivity contribution >= 4 is 11.7 Å². The molecule has 1 aromatic carbocycles. The van der Waals surface area contributed by atoms with E-state index in [1.807, 2.05) is 38.1 Å². The summed E-state index contributed by atoms with van der Waals surface area (Å²) in [4.78, 5) is 14.2. The molecule has 1 aliphatic heterocycles. The van der Waals surface area contributed by atoms with Crippen molar-refractivity contribution in [2.24, 2.45) is 0 Å². The fraction of sp³-hybridized carbons (Fsp3) is 0.471. The van der Waals surface area contributed by atoms with Gasteiger partial charge in [0.15, 0.2) is 0 Å². The Hall–Kier alpha value is -2.37. The highest BCUT2D eigenvalue weighted by Gasteiger charge is 2.31. The Bertz CT molecular complexity index is 696. The van der Waals surface area contributed by atoms with Gasteiger partial charge >= 0.3 is 5.97 Å². The Morgan fingerprint density at radius 3 is 2.87 bits per heavy atom. The predicted octanol–water partition coefficient (Wildman–Crippen LogP) is 2.86. The van der Waals surface area contributed by atoms with Gasteiger partial charge in [-0.05, 0) is 18.1 Å². The summed E-state index contributed by atoms with van der Waals surface area (Å²) in [6.07, 6.45) is 0.717. The minimum Gasteiger partial charge on any atom is -0.469 e. The number of benzene rings is 1. The van der Waals surface area contributed by atoms with Gasteiger partial charge in [0.1, 0.15) is 0 Å². The number of methoxy groups -OCH3 is 1. The summed E-state index contributed by atoms with van der Waals surface area (Å²) in [6.45, 7) is 5.34. The van der Waals surface area contributed by atoms with E-state index >= 15 is 0 Å². The number of ether oxygens (including phenoxy) is 1. The predicted molar refractivity (Wildman–Crippen MR) is 85.3 cm³/mol. The maximum Gasteiger partial charge on any atom is 0.313 e. The standard InChI is InChI=1S/C17H21N3O3/c1-11(2)16-19-18-15(23-16)10-20-9-8-13(17(21)22-3)12-6-4-5-7-14(12)20/h4-7,11,13H,8-10H2,1-3H3/t13-/m1/s1. The molecule has 0 unspecified atom stereocenters. The van der Waals surface area contributed by atoms with Gasteiger partial charge in [-0.2, -0.15) is 0 Å². The second kappa shape index (κ2) is 6.40. The van der Waals surface area contributed by atoms with Gasteiger partial charge in [-0.25, -0.2) is 0 Å². The van der Waals surface area contributed by atoms with Gasteiger partial charge in [0.05, 0.1) is 19.6 Å². The Kier molecular flexibility index (Phi) is 4.32. The molecule has 0 bridgehead atoms. The molecule has 23 heavy (non-hydrogen) atoms. The highest BCUT2D eigenvalue weighted by molar-refractivity contribution is 5.81. The van der Waals surface area contributed by atoms with E-state index in [0.29, 0.717) is 18.3 Å². The third-order valence-corrected chi connectivity index (χ3v) is 4.13. The number of fused-ring (bicyclic) bond motifs is 1. The molecule has 0 saturated carbocycles. The molecule has 0 N–H and O–H groups in total. The molecule has 0 spiro atoms. The fourth-order valence-corrected chi connectivity index (χ4v) is 2.91. The molecule has 122 valence electrons. The van der Waals surface area contributed by atoms with Crippen molar-refractivity contribution in [3.8, 4) is 0 Å². The van der Waals surface area contributed by atoms with Gasteiger partial charge in [-0.15, -0.1) is 10.2 Å². The molecule has 6 nitrogen and oxygen atoms in total. The van der Waals surface area contributed by atoms with Gasteiger partial charge in [0.25, 0.3) is 0 Å². The van der Waals surface area contributed by atoms with Crippen LogP contribution in [0, 0.1) is 0 Å². The van der Waals surface area contributed by atoms with Crippen LogP contribution in [0.4, 0.5) is 5.69 Å². The van der Waals surface area contributed by atoms with Gasteiger partial charge in [-0.1, -0.05) is 32.0 Å². The zero-order valence-electron chi connectivity index (χ0n) is 13.7. The SMILES string of the molecule is COC(=O)[C@@H]1CCN(Cc2nnc(C(C)C)o2)c2ccccc21. The molecular formula is C17H21N3O3. The van der Waals surface area contributed by atoms with E-state index in [-0.39, 0.29) is 17.8 Å². The maximum absolute atomic E-state index is 12.0. The van der Waals surface area contributed by atoms with Crippen LogP contribution in [0.2, 0.25) is 0 Å². The van der Waals surface area contributed by atoms with Crippen LogP contribution >= 0.6 is 0 Å². The lowest BCUT2D eigenvalue weighted by Crippen LogP contribution is -2.33. The highest BCUT2D eigenvalue weighted by atomic mass is 16.5. The molecule has 6 heteroatoms. The van der Waals surface area contributed by atoms with Crippen LogP contribution in [-0.2, 0) is 16.1 Å². The summed E-state index contributed by atoms with van der Waals surface area (Å²) in [7, 11) is 1.43. The van der Waals surface area contributed by atoms with Crippen LogP contribution in [0.5, 0.6) is 0 Å². The number of rotatable bonds is 4. The molecule has 1 aromatic heterocycles. The summed E-state index contributed by atoms with van der Waals surface area (Å²) >= 11 is 0. The second-order valence-electron chi connectivity index (χ2n) is 6.03. The van der Waals surface area contributed by atoms with Crippen molar-refractivity contribution in [3.63, 3.8) is 0 Å². The number of carbonyl (C=O) groups excluding carboxylic acids is 1. The number of esters is 1. The summed E-state index contributed by atoms with van der Waals surface area (Å²) < 4.78 is 10.6. The smallest absolute Gasteiger partial charge is 0.313 e. The number of hydrogen-bond donors (Lipinski definition) is 0. The van der Waals surface area contributed by atoms with E-state index in [1.165, 1.54) is 7.11 Å². The van der Waals surface area contributed by atoms with E-state index in [1.54, 1.807) is 0 Å². The number of nitrogens with zero attached hydrogens (tertiary/aromatic N) is 3. The lowest BCUT2D eigenvalue weighted by molar-refractivity contribution is -0.142. The molecular weight excluding hydrogens is 294 g/mol. The molecule has 0 saturated heterocycles. The van der Waals surface area contributed by atoms with Gasteiger partial charge in [0, 0.05) is 18.2 Å². The molecule has 2 heterocycles. The molecule has 0 aliphatic carbocycles. The monoisotopic (exact) mass is 315 g/mol. The summed E-state index contributed by atoms with van der Waals surface area (Å²) in [5.74, 6) is 1.07. The zero-order valence-corrected chi connectivity index (χ0v) is 13.7. The molecule has 1 aliphatic rings. The molecule has 2 aromatic rings. The normalized spacial score (nSPS) is 17.2. The van der Waals surface area contributed by atoms with E-state index in [9.17, 15) is 4.79 Å². The van der Waals surface area contributed by atoms with E-state index in [4.69, 9.17) is 9.15 Å². The largest absolute Gasteiger partial charge is 0.469 e. The topological polar surface area (TPSA) is 68.5 Å². The average Bonchev–Trinajstić information content (AvgIpc) is 3.03. The van der Waals surface area contributed by atoms with Crippen molar-refractivity contribution in [2.75, 3.05) is 18.6 Å².